The lowest BCUT2D eigenvalue weighted by atomic mass is 10.3. The Hall–Kier alpha value is -1.95. The summed E-state index contributed by atoms with van der Waals surface area (Å²) in [5.41, 5.74) is 0.987. The number of hydrogen-bond donors (Lipinski definition) is 1. The summed E-state index contributed by atoms with van der Waals surface area (Å²) in [6.45, 7) is 4.33. The highest BCUT2D eigenvalue weighted by Crippen LogP contribution is 2.23. The Bertz CT molecular complexity index is 598. The molecule has 0 fully saturated rings. The standard InChI is InChI=1S/C14H17F2N3O/c1-9-7-19(10(2)8-20-3)14(17-9)18-13-5-4-11(15)6-12(13)16/h4-7,10H,8H2,1-3H3,(H,17,18). The van der Waals surface area contributed by atoms with E-state index >= 15 is 0 Å². The first-order valence-corrected chi connectivity index (χ1v) is 6.27. The van der Waals surface area contributed by atoms with Crippen LogP contribution in [-0.2, 0) is 4.74 Å². The highest BCUT2D eigenvalue weighted by atomic mass is 19.1. The van der Waals surface area contributed by atoms with Crippen LogP contribution < -0.4 is 5.32 Å². The van der Waals surface area contributed by atoms with Crippen molar-refractivity contribution in [3.8, 4) is 0 Å². The van der Waals surface area contributed by atoms with Gasteiger partial charge in [-0.1, -0.05) is 0 Å². The van der Waals surface area contributed by atoms with Gasteiger partial charge in [0.05, 0.1) is 24.0 Å². The van der Waals surface area contributed by atoms with E-state index in [1.165, 1.54) is 12.1 Å². The second-order valence-electron chi connectivity index (χ2n) is 4.67. The van der Waals surface area contributed by atoms with E-state index in [-0.39, 0.29) is 11.7 Å². The second kappa shape index (κ2) is 6.00. The zero-order chi connectivity index (χ0) is 14.7. The normalized spacial score (nSPS) is 12.4. The van der Waals surface area contributed by atoms with Gasteiger partial charge in [-0.05, 0) is 26.0 Å². The quantitative estimate of drug-likeness (QED) is 0.912. The Kier molecular flexibility index (Phi) is 4.34. The van der Waals surface area contributed by atoms with Crippen LogP contribution in [-0.4, -0.2) is 23.3 Å². The molecule has 0 saturated heterocycles. The number of hydrogen-bond acceptors (Lipinski definition) is 3. The van der Waals surface area contributed by atoms with Crippen LogP contribution in [0.1, 0.15) is 18.7 Å². The average molecular weight is 281 g/mol. The van der Waals surface area contributed by atoms with Crippen molar-refractivity contribution < 1.29 is 13.5 Å². The number of anilines is 2. The third-order valence-electron chi connectivity index (χ3n) is 2.91. The Morgan fingerprint density at radius 3 is 2.80 bits per heavy atom. The van der Waals surface area contributed by atoms with Gasteiger partial charge in [0, 0.05) is 19.4 Å². The maximum absolute atomic E-state index is 13.7. The fourth-order valence-corrected chi connectivity index (χ4v) is 1.98. The molecule has 1 aromatic heterocycles. The summed E-state index contributed by atoms with van der Waals surface area (Å²) >= 11 is 0. The molecule has 1 atom stereocenters. The topological polar surface area (TPSA) is 39.1 Å². The first kappa shape index (κ1) is 14.5. The molecule has 0 aliphatic carbocycles. The van der Waals surface area contributed by atoms with Gasteiger partial charge < -0.3 is 14.6 Å². The highest BCUT2D eigenvalue weighted by Gasteiger charge is 2.13. The lowest BCUT2D eigenvalue weighted by molar-refractivity contribution is 0.163. The van der Waals surface area contributed by atoms with Crippen LogP contribution in [0.5, 0.6) is 0 Å². The number of ether oxygens (including phenoxy) is 1. The van der Waals surface area contributed by atoms with Gasteiger partial charge in [0.2, 0.25) is 5.95 Å². The lowest BCUT2D eigenvalue weighted by Crippen LogP contribution is -2.13. The van der Waals surface area contributed by atoms with E-state index in [1.807, 2.05) is 24.6 Å². The second-order valence-corrected chi connectivity index (χ2v) is 4.67. The van der Waals surface area contributed by atoms with Crippen LogP contribution in [0.2, 0.25) is 0 Å². The van der Waals surface area contributed by atoms with Crippen molar-refractivity contribution in [3.05, 3.63) is 41.7 Å². The molecular weight excluding hydrogens is 264 g/mol. The summed E-state index contributed by atoms with van der Waals surface area (Å²) < 4.78 is 33.5. The Balaban J connectivity index is 2.29. The van der Waals surface area contributed by atoms with E-state index in [2.05, 4.69) is 10.3 Å². The number of aromatic nitrogens is 2. The number of nitrogens with zero attached hydrogens (tertiary/aromatic N) is 2. The van der Waals surface area contributed by atoms with E-state index in [0.717, 1.165) is 11.8 Å². The van der Waals surface area contributed by atoms with Crippen LogP contribution in [0, 0.1) is 18.6 Å². The van der Waals surface area contributed by atoms with Crippen molar-refractivity contribution in [1.82, 2.24) is 9.55 Å². The van der Waals surface area contributed by atoms with Gasteiger partial charge >= 0.3 is 0 Å². The SMILES string of the molecule is COCC(C)n1cc(C)nc1Nc1ccc(F)cc1F. The minimum absolute atomic E-state index is 0.0483. The molecule has 0 spiro atoms. The first-order chi connectivity index (χ1) is 9.51. The summed E-state index contributed by atoms with van der Waals surface area (Å²) in [6, 6.07) is 3.43. The molecule has 2 rings (SSSR count). The molecule has 0 bridgehead atoms. The van der Waals surface area contributed by atoms with Crippen molar-refractivity contribution >= 4 is 11.6 Å². The molecule has 1 aromatic carbocycles. The molecule has 2 aromatic rings. The third-order valence-corrected chi connectivity index (χ3v) is 2.91. The summed E-state index contributed by atoms with van der Waals surface area (Å²) in [5.74, 6) is -0.769. The van der Waals surface area contributed by atoms with Crippen molar-refractivity contribution in [2.75, 3.05) is 19.0 Å². The minimum Gasteiger partial charge on any atom is -0.383 e. The van der Waals surface area contributed by atoms with Gasteiger partial charge in [0.15, 0.2) is 0 Å². The van der Waals surface area contributed by atoms with Gasteiger partial charge in [0.25, 0.3) is 0 Å². The van der Waals surface area contributed by atoms with Crippen LogP contribution >= 0.6 is 0 Å². The molecule has 0 aliphatic rings. The summed E-state index contributed by atoms with van der Waals surface area (Å²) in [5, 5.41) is 2.88. The van der Waals surface area contributed by atoms with Crippen molar-refractivity contribution in [3.63, 3.8) is 0 Å². The molecule has 1 N–H and O–H groups in total. The van der Waals surface area contributed by atoms with Crippen LogP contribution in [0.4, 0.5) is 20.4 Å². The van der Waals surface area contributed by atoms with Gasteiger partial charge in [0.1, 0.15) is 11.6 Å². The third kappa shape index (κ3) is 3.14. The minimum atomic E-state index is -0.656. The highest BCUT2D eigenvalue weighted by molar-refractivity contribution is 5.54. The fourth-order valence-electron chi connectivity index (χ4n) is 1.98. The molecule has 0 aliphatic heterocycles. The molecular formula is C14H17F2N3O. The lowest BCUT2D eigenvalue weighted by Gasteiger charge is -2.16. The maximum atomic E-state index is 13.7. The molecule has 108 valence electrons. The molecule has 6 heteroatoms. The molecule has 0 radical (unpaired) electrons. The van der Waals surface area contributed by atoms with Crippen LogP contribution in [0.15, 0.2) is 24.4 Å². The molecule has 0 saturated carbocycles. The molecule has 20 heavy (non-hydrogen) atoms. The number of benzene rings is 1. The Labute approximate surface area is 116 Å². The Morgan fingerprint density at radius 2 is 2.15 bits per heavy atom. The van der Waals surface area contributed by atoms with Crippen LogP contribution in [0.3, 0.4) is 0 Å². The number of methoxy groups -OCH3 is 1. The van der Waals surface area contributed by atoms with Gasteiger partial charge in [-0.15, -0.1) is 0 Å². The summed E-state index contributed by atoms with van der Waals surface area (Å²) in [6.07, 6.45) is 1.85. The molecule has 1 unspecified atom stereocenters. The van der Waals surface area contributed by atoms with Gasteiger partial charge in [-0.3, -0.25) is 0 Å². The first-order valence-electron chi connectivity index (χ1n) is 6.27. The zero-order valence-corrected chi connectivity index (χ0v) is 11.7. The summed E-state index contributed by atoms with van der Waals surface area (Å²) in [7, 11) is 1.62. The predicted octanol–water partition coefficient (Wildman–Crippen LogP) is 3.42. The van der Waals surface area contributed by atoms with Crippen LogP contribution in [0.25, 0.3) is 0 Å². The predicted molar refractivity (Wildman–Crippen MR) is 73.2 cm³/mol. The number of imidazole rings is 1. The smallest absolute Gasteiger partial charge is 0.207 e. The Morgan fingerprint density at radius 1 is 1.40 bits per heavy atom. The van der Waals surface area contributed by atoms with E-state index < -0.39 is 11.6 Å². The molecule has 0 amide bonds. The number of halogens is 2. The summed E-state index contributed by atoms with van der Waals surface area (Å²) in [4.78, 5) is 4.31. The zero-order valence-electron chi connectivity index (χ0n) is 11.7. The van der Waals surface area contributed by atoms with Gasteiger partial charge in [-0.2, -0.15) is 0 Å². The van der Waals surface area contributed by atoms with Gasteiger partial charge in [-0.25, -0.2) is 13.8 Å². The van der Waals surface area contributed by atoms with Crippen molar-refractivity contribution in [2.45, 2.75) is 19.9 Å². The average Bonchev–Trinajstić information content (AvgIpc) is 2.74. The fraction of sp³-hybridized carbons (Fsp3) is 0.357. The number of aryl methyl sites for hydroxylation is 1. The van der Waals surface area contributed by atoms with Crippen molar-refractivity contribution in [2.24, 2.45) is 0 Å². The van der Waals surface area contributed by atoms with E-state index in [1.54, 1.807) is 7.11 Å². The van der Waals surface area contributed by atoms with E-state index in [4.69, 9.17) is 4.74 Å². The van der Waals surface area contributed by atoms with E-state index in [0.29, 0.717) is 12.6 Å². The van der Waals surface area contributed by atoms with Crippen molar-refractivity contribution in [1.29, 1.82) is 0 Å². The monoisotopic (exact) mass is 281 g/mol. The number of rotatable bonds is 5. The van der Waals surface area contributed by atoms with E-state index in [9.17, 15) is 8.78 Å². The molecule has 1 heterocycles. The maximum Gasteiger partial charge on any atom is 0.207 e. The number of nitrogens with one attached hydrogen (secondary N) is 1. The molecule has 4 nitrogen and oxygen atoms in total. The largest absolute Gasteiger partial charge is 0.383 e.